The van der Waals surface area contributed by atoms with Crippen molar-refractivity contribution in [2.24, 2.45) is 7.05 Å². The first kappa shape index (κ1) is 15.5. The molecule has 7 nitrogen and oxygen atoms in total. The number of nitrogens with zero attached hydrogens (tertiary/aromatic N) is 3. The summed E-state index contributed by atoms with van der Waals surface area (Å²) in [6.45, 7) is 2.42. The molecular formula is C13H16ClN3O4. The van der Waals surface area contributed by atoms with Crippen LogP contribution in [0.5, 0.6) is 0 Å². The normalized spacial score (nSPS) is 19.2. The molecule has 1 aromatic heterocycles. The van der Waals surface area contributed by atoms with Gasteiger partial charge in [-0.05, 0) is 13.0 Å². The molecule has 1 aliphatic heterocycles. The zero-order valence-electron chi connectivity index (χ0n) is 11.7. The number of halogens is 1. The van der Waals surface area contributed by atoms with Gasteiger partial charge in [0.15, 0.2) is 6.10 Å². The van der Waals surface area contributed by atoms with Gasteiger partial charge in [0, 0.05) is 25.2 Å². The molecule has 1 N–H and O–H groups in total. The smallest absolute Gasteiger partial charge is 0.334 e. The molecule has 1 fully saturated rings. The number of carboxylic acid groups (broad SMARTS) is 1. The Bertz CT molecular complexity index is 596. The lowest BCUT2D eigenvalue weighted by Gasteiger charge is -2.30. The van der Waals surface area contributed by atoms with Gasteiger partial charge in [-0.15, -0.1) is 0 Å². The van der Waals surface area contributed by atoms with E-state index >= 15 is 0 Å². The summed E-state index contributed by atoms with van der Waals surface area (Å²) in [5.74, 6) is -1.34. The Morgan fingerprint density at radius 1 is 1.52 bits per heavy atom. The second kappa shape index (κ2) is 6.28. The largest absolute Gasteiger partial charge is 0.479 e. The van der Waals surface area contributed by atoms with E-state index in [1.54, 1.807) is 20.0 Å². The number of morpholine rings is 1. The number of aromatic nitrogens is 2. The fourth-order valence-electron chi connectivity index (χ4n) is 2.09. The molecule has 2 rings (SSSR count). The molecule has 0 aromatic carbocycles. The molecule has 0 bridgehead atoms. The van der Waals surface area contributed by atoms with Crippen molar-refractivity contribution >= 4 is 29.6 Å². The van der Waals surface area contributed by atoms with Gasteiger partial charge >= 0.3 is 5.97 Å². The molecule has 1 amide bonds. The highest BCUT2D eigenvalue weighted by Gasteiger charge is 2.28. The van der Waals surface area contributed by atoms with E-state index in [1.807, 2.05) is 0 Å². The number of rotatable bonds is 3. The molecule has 1 atom stereocenters. The minimum Gasteiger partial charge on any atom is -0.479 e. The van der Waals surface area contributed by atoms with E-state index in [0.717, 1.165) is 5.69 Å². The Morgan fingerprint density at radius 2 is 2.24 bits per heavy atom. The van der Waals surface area contributed by atoms with Crippen LogP contribution >= 0.6 is 11.6 Å². The second-order valence-electron chi connectivity index (χ2n) is 4.73. The summed E-state index contributed by atoms with van der Waals surface area (Å²) < 4.78 is 6.60. The average Bonchev–Trinajstić information content (AvgIpc) is 2.70. The molecule has 21 heavy (non-hydrogen) atoms. The Balaban J connectivity index is 2.07. The minimum atomic E-state index is -1.07. The zero-order chi connectivity index (χ0) is 15.6. The third-order valence-corrected chi connectivity index (χ3v) is 3.69. The SMILES string of the molecule is Cc1nn(C)c(Cl)c1/C=C/C(=O)N1CCOC(C(=O)O)C1. The first-order valence-electron chi connectivity index (χ1n) is 6.40. The van der Waals surface area contributed by atoms with Gasteiger partial charge in [-0.2, -0.15) is 5.10 Å². The Hall–Kier alpha value is -1.86. The van der Waals surface area contributed by atoms with Crippen LogP contribution in [-0.2, 0) is 21.4 Å². The van der Waals surface area contributed by atoms with Crippen molar-refractivity contribution in [1.82, 2.24) is 14.7 Å². The van der Waals surface area contributed by atoms with E-state index < -0.39 is 12.1 Å². The summed E-state index contributed by atoms with van der Waals surface area (Å²) in [4.78, 5) is 24.4. The van der Waals surface area contributed by atoms with Crippen LogP contribution in [0, 0.1) is 6.92 Å². The zero-order valence-corrected chi connectivity index (χ0v) is 12.5. The summed E-state index contributed by atoms with van der Waals surface area (Å²) in [7, 11) is 1.72. The molecule has 8 heteroatoms. The number of amides is 1. The molecule has 1 aliphatic rings. The fourth-order valence-corrected chi connectivity index (χ4v) is 2.33. The minimum absolute atomic E-state index is 0.0399. The van der Waals surface area contributed by atoms with Gasteiger partial charge in [-0.1, -0.05) is 11.6 Å². The Kier molecular flexibility index (Phi) is 4.64. The summed E-state index contributed by atoms with van der Waals surface area (Å²) in [5.41, 5.74) is 1.40. The highest BCUT2D eigenvalue weighted by Crippen LogP contribution is 2.20. The molecule has 0 aliphatic carbocycles. The highest BCUT2D eigenvalue weighted by atomic mass is 35.5. The van der Waals surface area contributed by atoms with Crippen molar-refractivity contribution in [3.05, 3.63) is 22.5 Å². The number of hydrogen-bond acceptors (Lipinski definition) is 4. The van der Waals surface area contributed by atoms with Gasteiger partial charge in [0.05, 0.1) is 18.8 Å². The van der Waals surface area contributed by atoms with E-state index in [2.05, 4.69) is 5.10 Å². The van der Waals surface area contributed by atoms with Crippen molar-refractivity contribution < 1.29 is 19.4 Å². The molecule has 1 aromatic rings. The average molecular weight is 314 g/mol. The second-order valence-corrected chi connectivity index (χ2v) is 5.09. The summed E-state index contributed by atoms with van der Waals surface area (Å²) in [5, 5.41) is 13.5. The maximum absolute atomic E-state index is 12.1. The lowest BCUT2D eigenvalue weighted by Crippen LogP contribution is -2.48. The Morgan fingerprint density at radius 3 is 2.81 bits per heavy atom. The monoisotopic (exact) mass is 313 g/mol. The predicted molar refractivity (Wildman–Crippen MR) is 75.9 cm³/mol. The molecular weight excluding hydrogens is 298 g/mol. The summed E-state index contributed by atoms with van der Waals surface area (Å²) >= 11 is 6.07. The molecule has 0 saturated carbocycles. The standard InChI is InChI=1S/C13H16ClN3O4/c1-8-9(12(14)16(2)15-8)3-4-11(18)17-5-6-21-10(7-17)13(19)20/h3-4,10H,5-7H2,1-2H3,(H,19,20)/b4-3+. The van der Waals surface area contributed by atoms with Gasteiger partial charge in [-0.3, -0.25) is 9.48 Å². The van der Waals surface area contributed by atoms with Gasteiger partial charge in [0.2, 0.25) is 5.91 Å². The molecule has 1 unspecified atom stereocenters. The van der Waals surface area contributed by atoms with Crippen LogP contribution in [0.25, 0.3) is 6.08 Å². The van der Waals surface area contributed by atoms with E-state index in [0.29, 0.717) is 17.3 Å². The quantitative estimate of drug-likeness (QED) is 0.831. The van der Waals surface area contributed by atoms with Crippen LogP contribution in [0.3, 0.4) is 0 Å². The number of carbonyl (C=O) groups is 2. The third-order valence-electron chi connectivity index (χ3n) is 3.24. The molecule has 2 heterocycles. The van der Waals surface area contributed by atoms with E-state index in [4.69, 9.17) is 21.4 Å². The summed E-state index contributed by atoms with van der Waals surface area (Å²) in [6.07, 6.45) is 2.00. The number of aryl methyl sites for hydroxylation is 2. The molecule has 114 valence electrons. The number of carbonyl (C=O) groups excluding carboxylic acids is 1. The van der Waals surface area contributed by atoms with Crippen molar-refractivity contribution in [1.29, 1.82) is 0 Å². The first-order chi connectivity index (χ1) is 9.90. The lowest BCUT2D eigenvalue weighted by molar-refractivity contribution is -0.158. The molecule has 0 spiro atoms. The van der Waals surface area contributed by atoms with E-state index in [-0.39, 0.29) is 19.1 Å². The van der Waals surface area contributed by atoms with Crippen molar-refractivity contribution in [3.63, 3.8) is 0 Å². The van der Waals surface area contributed by atoms with Gasteiger partial charge < -0.3 is 14.7 Å². The van der Waals surface area contributed by atoms with Crippen molar-refractivity contribution in [2.75, 3.05) is 19.7 Å². The van der Waals surface area contributed by atoms with E-state index in [1.165, 1.54) is 15.7 Å². The fraction of sp³-hybridized carbons (Fsp3) is 0.462. The topological polar surface area (TPSA) is 84.7 Å². The van der Waals surface area contributed by atoms with Crippen LogP contribution in [-0.4, -0.2) is 57.5 Å². The van der Waals surface area contributed by atoms with Gasteiger partial charge in [-0.25, -0.2) is 4.79 Å². The maximum atomic E-state index is 12.1. The summed E-state index contributed by atoms with van der Waals surface area (Å²) in [6, 6.07) is 0. The molecule has 0 radical (unpaired) electrons. The van der Waals surface area contributed by atoms with Gasteiger partial charge in [0.1, 0.15) is 5.15 Å². The first-order valence-corrected chi connectivity index (χ1v) is 6.78. The van der Waals surface area contributed by atoms with Crippen LogP contribution in [0.15, 0.2) is 6.08 Å². The molecule has 1 saturated heterocycles. The number of hydrogen-bond donors (Lipinski definition) is 1. The van der Waals surface area contributed by atoms with E-state index in [9.17, 15) is 9.59 Å². The number of carboxylic acids is 1. The predicted octanol–water partition coefficient (Wildman–Crippen LogP) is 0.707. The number of aliphatic carboxylic acids is 1. The Labute approximate surface area is 126 Å². The van der Waals surface area contributed by atoms with Crippen LogP contribution < -0.4 is 0 Å². The van der Waals surface area contributed by atoms with Crippen molar-refractivity contribution in [2.45, 2.75) is 13.0 Å². The number of ether oxygens (including phenoxy) is 1. The van der Waals surface area contributed by atoms with Gasteiger partial charge in [0.25, 0.3) is 0 Å². The van der Waals surface area contributed by atoms with Crippen molar-refractivity contribution in [3.8, 4) is 0 Å². The lowest BCUT2D eigenvalue weighted by atomic mass is 10.2. The maximum Gasteiger partial charge on any atom is 0.334 e. The third kappa shape index (κ3) is 3.43. The van der Waals surface area contributed by atoms with Crippen LogP contribution in [0.2, 0.25) is 5.15 Å². The van der Waals surface area contributed by atoms with Crippen LogP contribution in [0.4, 0.5) is 0 Å². The van der Waals surface area contributed by atoms with Crippen LogP contribution in [0.1, 0.15) is 11.3 Å². The highest BCUT2D eigenvalue weighted by molar-refractivity contribution is 6.31.